The minimum Gasteiger partial charge on any atom is -0.374 e. The normalized spacial score (nSPS) is 20.9. The Hall–Kier alpha value is -1.80. The zero-order valence-corrected chi connectivity index (χ0v) is 15.1. The monoisotopic (exact) mass is 370 g/mol. The molecule has 1 aromatic carbocycles. The van der Waals surface area contributed by atoms with Crippen LogP contribution < -0.4 is 5.53 Å². The molecule has 0 amide bonds. The van der Waals surface area contributed by atoms with Crippen molar-refractivity contribution in [2.45, 2.75) is 56.8 Å². The van der Waals surface area contributed by atoms with Gasteiger partial charge < -0.3 is 4.74 Å². The summed E-state index contributed by atoms with van der Waals surface area (Å²) in [6.45, 7) is 0.289. The van der Waals surface area contributed by atoms with E-state index in [1.807, 2.05) is 0 Å². The zero-order valence-electron chi connectivity index (χ0n) is 15.1. The van der Waals surface area contributed by atoms with Crippen LogP contribution in [0.1, 0.15) is 55.2 Å². The second-order valence-electron chi connectivity index (χ2n) is 6.95. The molecular weight excluding hydrogens is 345 g/mol. The Morgan fingerprint density at radius 3 is 2.42 bits per heavy atom. The number of hydrazine groups is 2. The first-order chi connectivity index (χ1) is 12.4. The van der Waals surface area contributed by atoms with E-state index >= 15 is 0 Å². The van der Waals surface area contributed by atoms with Crippen molar-refractivity contribution in [1.82, 2.24) is 15.7 Å². The lowest BCUT2D eigenvalue weighted by molar-refractivity contribution is -0.137. The molecule has 1 aliphatic heterocycles. The molecule has 2 aliphatic rings. The first-order valence-electron chi connectivity index (χ1n) is 8.91. The van der Waals surface area contributed by atoms with Gasteiger partial charge in [-0.05, 0) is 36.1 Å². The van der Waals surface area contributed by atoms with Crippen LogP contribution in [0, 0.1) is 0 Å². The van der Waals surface area contributed by atoms with E-state index in [0.29, 0.717) is 5.56 Å². The Balaban J connectivity index is 2.03. The minimum atomic E-state index is -4.37. The van der Waals surface area contributed by atoms with Gasteiger partial charge in [0.05, 0.1) is 17.7 Å². The number of alkyl halides is 3. The van der Waals surface area contributed by atoms with Crippen molar-refractivity contribution in [3.63, 3.8) is 0 Å². The Kier molecular flexibility index (Phi) is 5.43. The molecule has 0 radical (unpaired) electrons. The van der Waals surface area contributed by atoms with E-state index in [-0.39, 0.29) is 6.54 Å². The lowest BCUT2D eigenvalue weighted by Crippen LogP contribution is -2.40. The molecule has 8 heteroatoms. The summed E-state index contributed by atoms with van der Waals surface area (Å²) in [5, 5.41) is 7.30. The average molecular weight is 370 g/mol. The predicted molar refractivity (Wildman–Crippen MR) is 92.8 cm³/mol. The molecule has 1 fully saturated rings. The van der Waals surface area contributed by atoms with E-state index in [1.54, 1.807) is 36.7 Å². The van der Waals surface area contributed by atoms with Gasteiger partial charge in [-0.2, -0.15) is 18.3 Å². The van der Waals surface area contributed by atoms with Gasteiger partial charge in [-0.1, -0.05) is 31.7 Å². The molecule has 0 spiro atoms. The number of hydrogen-bond donors (Lipinski definition) is 1. The maximum atomic E-state index is 13.3. The Morgan fingerprint density at radius 1 is 1.19 bits per heavy atom. The summed E-state index contributed by atoms with van der Waals surface area (Å²) in [6, 6.07) is 4.03. The van der Waals surface area contributed by atoms with Gasteiger partial charge in [-0.15, -0.1) is 5.12 Å². The van der Waals surface area contributed by atoms with Crippen molar-refractivity contribution in [3.05, 3.63) is 34.9 Å². The fraction of sp³-hybridized carbons (Fsp3) is 0.611. The van der Waals surface area contributed by atoms with Gasteiger partial charge in [0.1, 0.15) is 6.34 Å². The summed E-state index contributed by atoms with van der Waals surface area (Å²) >= 11 is 0. The van der Waals surface area contributed by atoms with Crippen LogP contribution in [0.25, 0.3) is 0 Å². The molecule has 0 aromatic heterocycles. The van der Waals surface area contributed by atoms with Crippen LogP contribution in [0.2, 0.25) is 0 Å². The minimum absolute atomic E-state index is 0.289. The second-order valence-corrected chi connectivity index (χ2v) is 6.95. The van der Waals surface area contributed by atoms with Gasteiger partial charge in [-0.3, -0.25) is 5.01 Å². The summed E-state index contributed by atoms with van der Waals surface area (Å²) < 4.78 is 45.8. The highest BCUT2D eigenvalue weighted by Gasteiger charge is 2.37. The lowest BCUT2D eigenvalue weighted by atomic mass is 9.82. The highest BCUT2D eigenvalue weighted by atomic mass is 19.4. The van der Waals surface area contributed by atoms with E-state index in [1.165, 1.54) is 12.1 Å². The third-order valence-corrected chi connectivity index (χ3v) is 5.34. The number of nitrogens with zero attached hydrogens (tertiary/aromatic N) is 3. The van der Waals surface area contributed by atoms with Crippen molar-refractivity contribution in [1.29, 1.82) is 0 Å². The quantitative estimate of drug-likeness (QED) is 0.813. The van der Waals surface area contributed by atoms with E-state index < -0.39 is 17.3 Å². The Labute approximate surface area is 151 Å². The number of rotatable bonds is 4. The fourth-order valence-electron chi connectivity index (χ4n) is 3.86. The summed E-state index contributed by atoms with van der Waals surface area (Å²) in [5.41, 5.74) is 3.04. The van der Waals surface area contributed by atoms with Crippen molar-refractivity contribution < 1.29 is 17.9 Å². The largest absolute Gasteiger partial charge is 0.416 e. The van der Waals surface area contributed by atoms with Gasteiger partial charge in [0, 0.05) is 14.2 Å². The van der Waals surface area contributed by atoms with Crippen LogP contribution in [0.5, 0.6) is 0 Å². The molecule has 0 saturated heterocycles. The van der Waals surface area contributed by atoms with Crippen LogP contribution in [0.15, 0.2) is 23.3 Å². The summed E-state index contributed by atoms with van der Waals surface area (Å²) in [6.07, 6.45) is 3.13. The highest BCUT2D eigenvalue weighted by Crippen LogP contribution is 2.42. The fourth-order valence-corrected chi connectivity index (χ4v) is 3.86. The van der Waals surface area contributed by atoms with Crippen molar-refractivity contribution in [3.8, 4) is 0 Å². The van der Waals surface area contributed by atoms with Gasteiger partial charge >= 0.3 is 6.18 Å². The lowest BCUT2D eigenvalue weighted by Gasteiger charge is -2.35. The molecule has 1 aromatic rings. The third-order valence-electron chi connectivity index (χ3n) is 5.34. The molecule has 0 atom stereocenters. The molecule has 0 bridgehead atoms. The Morgan fingerprint density at radius 2 is 1.88 bits per heavy atom. The van der Waals surface area contributed by atoms with Crippen molar-refractivity contribution >= 4 is 6.34 Å². The number of nitrogens with one attached hydrogen (secondary N) is 1. The maximum Gasteiger partial charge on any atom is 0.416 e. The number of halogens is 3. The van der Waals surface area contributed by atoms with E-state index in [0.717, 1.165) is 44.1 Å². The number of methoxy groups -OCH3 is 1. The molecule has 1 N–H and O–H groups in total. The Bertz CT molecular complexity index is 654. The predicted octanol–water partition coefficient (Wildman–Crippen LogP) is 4.01. The molecule has 144 valence electrons. The molecular formula is C18H25F3N4O. The van der Waals surface area contributed by atoms with Crippen molar-refractivity contribution in [2.24, 2.45) is 5.10 Å². The maximum absolute atomic E-state index is 13.3. The van der Waals surface area contributed by atoms with Crippen LogP contribution in [-0.4, -0.2) is 30.6 Å². The molecule has 1 aliphatic carbocycles. The van der Waals surface area contributed by atoms with Gasteiger partial charge in [0.25, 0.3) is 0 Å². The second kappa shape index (κ2) is 7.44. The topological polar surface area (TPSA) is 40.1 Å². The summed E-state index contributed by atoms with van der Waals surface area (Å²) in [4.78, 5) is 0. The van der Waals surface area contributed by atoms with E-state index in [9.17, 15) is 13.2 Å². The van der Waals surface area contributed by atoms with Gasteiger partial charge in [-0.25, -0.2) is 5.53 Å². The first-order valence-corrected chi connectivity index (χ1v) is 8.91. The molecule has 5 nitrogen and oxygen atoms in total. The highest BCUT2D eigenvalue weighted by molar-refractivity contribution is 5.55. The number of hydrogen-bond acceptors (Lipinski definition) is 5. The average Bonchev–Trinajstić information content (AvgIpc) is 2.86. The van der Waals surface area contributed by atoms with Crippen LogP contribution in [0.4, 0.5) is 13.2 Å². The van der Waals surface area contributed by atoms with Crippen LogP contribution >= 0.6 is 0 Å². The third kappa shape index (κ3) is 3.81. The van der Waals surface area contributed by atoms with E-state index in [2.05, 4.69) is 10.6 Å². The number of hydrazone groups is 1. The van der Waals surface area contributed by atoms with Crippen molar-refractivity contribution in [2.75, 3.05) is 14.2 Å². The SMILES string of the molecule is COC1(c2ccc(C(F)(F)F)cc2CN2C=NNN2C)CCCCCC1. The van der Waals surface area contributed by atoms with Crippen LogP contribution in [-0.2, 0) is 23.1 Å². The van der Waals surface area contributed by atoms with Crippen LogP contribution in [0.3, 0.4) is 0 Å². The number of benzene rings is 1. The summed E-state index contributed by atoms with van der Waals surface area (Å²) in [5.74, 6) is 0. The molecule has 3 rings (SSSR count). The molecule has 26 heavy (non-hydrogen) atoms. The first kappa shape index (κ1) is 19.0. The molecule has 1 saturated carbocycles. The zero-order chi connectivity index (χ0) is 18.8. The van der Waals surface area contributed by atoms with E-state index in [4.69, 9.17) is 4.74 Å². The van der Waals surface area contributed by atoms with Gasteiger partial charge in [0.15, 0.2) is 0 Å². The standard InChI is InChI=1S/C18H25F3N4O/c1-24-23-22-13-25(24)12-14-11-15(18(19,20)21)7-8-16(14)17(26-2)9-5-3-4-6-10-17/h7-8,11,13,23H,3-6,9-10,12H2,1-2H3. The smallest absolute Gasteiger partial charge is 0.374 e. The summed E-state index contributed by atoms with van der Waals surface area (Å²) in [7, 11) is 3.43. The molecule has 1 heterocycles. The van der Waals surface area contributed by atoms with Gasteiger partial charge in [0.2, 0.25) is 0 Å². The number of ether oxygens (including phenoxy) is 1. The molecule has 0 unspecified atom stereocenters.